The van der Waals surface area contributed by atoms with Crippen LogP contribution in [0.2, 0.25) is 0 Å². The lowest BCUT2D eigenvalue weighted by Gasteiger charge is -2.34. The Hall–Kier alpha value is -1.43. The smallest absolute Gasteiger partial charge is 0.304 e. The Labute approximate surface area is 107 Å². The molecule has 0 aromatic rings. The minimum Gasteiger partial charge on any atom is -0.304 e. The Balaban J connectivity index is 2.81. The van der Waals surface area contributed by atoms with Crippen molar-refractivity contribution in [2.24, 2.45) is 5.41 Å². The van der Waals surface area contributed by atoms with Crippen LogP contribution in [0.4, 0.5) is 4.79 Å². The Morgan fingerprint density at radius 3 is 1.89 bits per heavy atom. The molecule has 1 saturated heterocycles. The molecule has 0 aromatic heterocycles. The second-order valence-electron chi connectivity index (χ2n) is 4.45. The number of barbiturate groups is 1. The van der Waals surface area contributed by atoms with Gasteiger partial charge in [-0.15, -0.1) is 0 Å². The van der Waals surface area contributed by atoms with Crippen LogP contribution in [0.5, 0.6) is 0 Å². The number of nitrogens with zero attached hydrogens (tertiary/aromatic N) is 1. The maximum absolute atomic E-state index is 11.9. The van der Waals surface area contributed by atoms with Crippen molar-refractivity contribution in [3.8, 4) is 0 Å². The minimum absolute atomic E-state index is 0.388. The molecule has 0 bridgehead atoms. The van der Waals surface area contributed by atoms with Crippen molar-refractivity contribution in [3.05, 3.63) is 0 Å². The molecule has 102 valence electrons. The second kappa shape index (κ2) is 5.95. The highest BCUT2D eigenvalue weighted by Crippen LogP contribution is 2.29. The van der Waals surface area contributed by atoms with Gasteiger partial charge in [-0.1, -0.05) is 20.8 Å². The van der Waals surface area contributed by atoms with E-state index < -0.39 is 23.3 Å². The number of rotatable bonds is 6. The summed E-state index contributed by atoms with van der Waals surface area (Å²) >= 11 is 0. The number of nitrogens with one attached hydrogen (secondary N) is 2. The first kappa shape index (κ1) is 14.6. The number of imide groups is 2. The van der Waals surface area contributed by atoms with Crippen LogP contribution in [-0.4, -0.2) is 42.4 Å². The van der Waals surface area contributed by atoms with E-state index >= 15 is 0 Å². The van der Waals surface area contributed by atoms with Gasteiger partial charge in [-0.2, -0.15) is 0 Å². The average molecular weight is 255 g/mol. The zero-order chi connectivity index (χ0) is 13.8. The molecule has 0 atom stereocenters. The number of amides is 4. The Morgan fingerprint density at radius 1 is 1.00 bits per heavy atom. The maximum atomic E-state index is 11.9. The van der Waals surface area contributed by atoms with Crippen molar-refractivity contribution >= 4 is 17.8 Å². The Morgan fingerprint density at radius 2 is 1.50 bits per heavy atom. The molecule has 1 aliphatic heterocycles. The van der Waals surface area contributed by atoms with Crippen LogP contribution in [0.25, 0.3) is 0 Å². The first-order valence-electron chi connectivity index (χ1n) is 6.39. The van der Waals surface area contributed by atoms with Gasteiger partial charge in [0.2, 0.25) is 11.8 Å². The highest BCUT2D eigenvalue weighted by atomic mass is 16.2. The van der Waals surface area contributed by atoms with Crippen molar-refractivity contribution in [1.82, 2.24) is 15.5 Å². The van der Waals surface area contributed by atoms with Crippen LogP contribution >= 0.6 is 0 Å². The summed E-state index contributed by atoms with van der Waals surface area (Å²) in [5, 5.41) is 4.37. The molecule has 1 fully saturated rings. The molecule has 6 heteroatoms. The fourth-order valence-electron chi connectivity index (χ4n) is 2.19. The van der Waals surface area contributed by atoms with Gasteiger partial charge in [0.15, 0.2) is 0 Å². The lowest BCUT2D eigenvalue weighted by molar-refractivity contribution is -0.145. The summed E-state index contributed by atoms with van der Waals surface area (Å²) in [6.07, 6.45) is 0.815. The lowest BCUT2D eigenvalue weighted by Crippen LogP contribution is -2.62. The van der Waals surface area contributed by atoms with Crippen molar-refractivity contribution in [3.63, 3.8) is 0 Å². The van der Waals surface area contributed by atoms with E-state index in [4.69, 9.17) is 0 Å². The Bertz CT molecular complexity index is 330. The van der Waals surface area contributed by atoms with Gasteiger partial charge in [0.05, 0.1) is 0 Å². The highest BCUT2D eigenvalue weighted by Gasteiger charge is 2.48. The van der Waals surface area contributed by atoms with Gasteiger partial charge in [0, 0.05) is 0 Å². The molecule has 18 heavy (non-hydrogen) atoms. The summed E-state index contributed by atoms with van der Waals surface area (Å²) in [6.45, 7) is 8.27. The standard InChI is InChI=1S/C12H21N3O3/c1-4-12(7-8-15(5-2)6-3)9(16)13-11(18)14-10(12)17/h4-8H2,1-3H3,(H2,13,14,16,17,18). The monoisotopic (exact) mass is 255 g/mol. The van der Waals surface area contributed by atoms with Crippen molar-refractivity contribution < 1.29 is 14.4 Å². The van der Waals surface area contributed by atoms with Crippen molar-refractivity contribution in [2.45, 2.75) is 33.6 Å². The SMILES string of the molecule is CCN(CC)CCC1(CC)C(=O)NC(=O)NC1=O. The van der Waals surface area contributed by atoms with Gasteiger partial charge in [0.25, 0.3) is 0 Å². The van der Waals surface area contributed by atoms with E-state index in [1.165, 1.54) is 0 Å². The van der Waals surface area contributed by atoms with Crippen molar-refractivity contribution in [2.75, 3.05) is 19.6 Å². The van der Waals surface area contributed by atoms with E-state index in [1.54, 1.807) is 6.92 Å². The van der Waals surface area contributed by atoms with Crippen LogP contribution in [0.3, 0.4) is 0 Å². The fourth-order valence-corrected chi connectivity index (χ4v) is 2.19. The predicted octanol–water partition coefficient (Wildman–Crippen LogP) is 0.481. The lowest BCUT2D eigenvalue weighted by atomic mass is 9.78. The van der Waals surface area contributed by atoms with Gasteiger partial charge in [-0.05, 0) is 32.5 Å². The van der Waals surface area contributed by atoms with Gasteiger partial charge >= 0.3 is 6.03 Å². The quantitative estimate of drug-likeness (QED) is 0.677. The van der Waals surface area contributed by atoms with Crippen LogP contribution in [0.15, 0.2) is 0 Å². The first-order chi connectivity index (χ1) is 8.50. The maximum Gasteiger partial charge on any atom is 0.328 e. The number of urea groups is 1. The zero-order valence-corrected chi connectivity index (χ0v) is 11.2. The summed E-state index contributed by atoms with van der Waals surface area (Å²) in [5.41, 5.74) is -1.11. The van der Waals surface area contributed by atoms with Crippen LogP contribution in [-0.2, 0) is 9.59 Å². The fraction of sp³-hybridized carbons (Fsp3) is 0.750. The minimum atomic E-state index is -1.11. The molecule has 6 nitrogen and oxygen atoms in total. The second-order valence-corrected chi connectivity index (χ2v) is 4.45. The summed E-state index contributed by atoms with van der Waals surface area (Å²) in [6, 6.07) is -0.725. The number of carbonyl (C=O) groups excluding carboxylic acids is 3. The van der Waals surface area contributed by atoms with Gasteiger partial charge in [-0.25, -0.2) is 4.79 Å². The molecule has 1 aliphatic rings. The van der Waals surface area contributed by atoms with E-state index in [2.05, 4.69) is 15.5 Å². The molecule has 0 saturated carbocycles. The van der Waals surface area contributed by atoms with Crippen molar-refractivity contribution in [1.29, 1.82) is 0 Å². The first-order valence-corrected chi connectivity index (χ1v) is 6.39. The third-order valence-electron chi connectivity index (χ3n) is 3.68. The molecule has 1 rings (SSSR count). The third-order valence-corrected chi connectivity index (χ3v) is 3.68. The van der Waals surface area contributed by atoms with Crippen LogP contribution in [0.1, 0.15) is 33.6 Å². The Kier molecular flexibility index (Phi) is 4.84. The summed E-state index contributed by atoms with van der Waals surface area (Å²) < 4.78 is 0. The van der Waals surface area contributed by atoms with E-state index in [0.29, 0.717) is 19.4 Å². The normalized spacial score (nSPS) is 18.8. The third kappa shape index (κ3) is 2.69. The van der Waals surface area contributed by atoms with Crippen LogP contribution in [0, 0.1) is 5.41 Å². The molecule has 0 spiro atoms. The van der Waals surface area contributed by atoms with Gasteiger partial charge < -0.3 is 4.90 Å². The predicted molar refractivity (Wildman–Crippen MR) is 66.8 cm³/mol. The van der Waals surface area contributed by atoms with E-state index in [9.17, 15) is 14.4 Å². The average Bonchev–Trinajstić information content (AvgIpc) is 2.33. The number of hydrogen-bond acceptors (Lipinski definition) is 4. The van der Waals surface area contributed by atoms with E-state index in [0.717, 1.165) is 13.1 Å². The molecule has 0 radical (unpaired) electrons. The molecule has 1 heterocycles. The largest absolute Gasteiger partial charge is 0.328 e. The number of hydrogen-bond donors (Lipinski definition) is 2. The molecule has 0 unspecified atom stereocenters. The zero-order valence-electron chi connectivity index (χ0n) is 11.2. The van der Waals surface area contributed by atoms with E-state index in [1.807, 2.05) is 13.8 Å². The van der Waals surface area contributed by atoms with Gasteiger partial charge in [-0.3, -0.25) is 20.2 Å². The van der Waals surface area contributed by atoms with Gasteiger partial charge in [0.1, 0.15) is 5.41 Å². The molecule has 0 aliphatic carbocycles. The topological polar surface area (TPSA) is 78.5 Å². The molecule has 0 aromatic carbocycles. The van der Waals surface area contributed by atoms with Crippen LogP contribution < -0.4 is 10.6 Å². The summed E-state index contributed by atoms with van der Waals surface area (Å²) in [5.74, 6) is -0.961. The molecule has 4 amide bonds. The number of carbonyl (C=O) groups is 3. The highest BCUT2D eigenvalue weighted by molar-refractivity contribution is 6.19. The summed E-state index contributed by atoms with van der Waals surface area (Å²) in [7, 11) is 0. The summed E-state index contributed by atoms with van der Waals surface area (Å²) in [4.78, 5) is 37.1. The molecular weight excluding hydrogens is 234 g/mol. The molecule has 2 N–H and O–H groups in total. The molecular formula is C12H21N3O3. The van der Waals surface area contributed by atoms with E-state index in [-0.39, 0.29) is 0 Å².